The Morgan fingerprint density at radius 1 is 0.867 bits per heavy atom. The summed E-state index contributed by atoms with van der Waals surface area (Å²) in [5.74, 6) is -2.47. The Labute approximate surface area is 171 Å². The van der Waals surface area contributed by atoms with Gasteiger partial charge in [0.05, 0.1) is 37.8 Å². The Balaban J connectivity index is 1.60. The van der Waals surface area contributed by atoms with Crippen LogP contribution in [0.15, 0.2) is 42.5 Å². The van der Waals surface area contributed by atoms with Gasteiger partial charge in [0.25, 0.3) is 0 Å². The normalized spacial score (nSPS) is 26.9. The molecule has 1 aromatic heterocycles. The van der Waals surface area contributed by atoms with Gasteiger partial charge in [-0.05, 0) is 18.2 Å². The van der Waals surface area contributed by atoms with Crippen LogP contribution in [0.5, 0.6) is 12.0 Å². The third kappa shape index (κ3) is 2.43. The minimum Gasteiger partial charge on any atom is -0.467 e. The second-order valence-electron chi connectivity index (χ2n) is 7.11. The predicted molar refractivity (Wildman–Crippen MR) is 103 cm³/mol. The van der Waals surface area contributed by atoms with Crippen molar-refractivity contribution in [2.45, 2.75) is 12.1 Å². The van der Waals surface area contributed by atoms with Crippen LogP contribution < -0.4 is 19.3 Å². The first-order valence-corrected chi connectivity index (χ1v) is 9.32. The summed E-state index contributed by atoms with van der Waals surface area (Å²) < 4.78 is 10.2. The van der Waals surface area contributed by atoms with Crippen molar-refractivity contribution in [2.75, 3.05) is 24.0 Å². The van der Waals surface area contributed by atoms with E-state index in [1.54, 1.807) is 41.3 Å². The minimum absolute atomic E-state index is 0.00646. The van der Waals surface area contributed by atoms with Gasteiger partial charge in [-0.25, -0.2) is 4.90 Å². The highest BCUT2D eigenvalue weighted by Gasteiger charge is 2.65. The van der Waals surface area contributed by atoms with Crippen molar-refractivity contribution in [3.05, 3.63) is 42.5 Å². The standard InChI is InChI=1S/C20H17N5O5/c1-29-19-21-18(22-20(23-19)30-2)25-11-8-9-12(26)15(25)14-13(11)16(27)24(17(14)28)10-6-4-3-5-7-10/h3-9,11,13-15H,1-2H3. The molecule has 0 radical (unpaired) electrons. The van der Waals surface area contributed by atoms with Crippen LogP contribution in [0.1, 0.15) is 0 Å². The number of ketones is 1. The summed E-state index contributed by atoms with van der Waals surface area (Å²) in [4.78, 5) is 54.7. The number of benzene rings is 1. The molecule has 30 heavy (non-hydrogen) atoms. The summed E-state index contributed by atoms with van der Waals surface area (Å²) in [6.45, 7) is 0. The van der Waals surface area contributed by atoms with E-state index in [9.17, 15) is 14.4 Å². The first-order valence-electron chi connectivity index (χ1n) is 9.32. The van der Waals surface area contributed by atoms with E-state index in [4.69, 9.17) is 9.47 Å². The molecule has 2 bridgehead atoms. The van der Waals surface area contributed by atoms with Crippen molar-refractivity contribution in [3.8, 4) is 12.0 Å². The molecule has 4 heterocycles. The first kappa shape index (κ1) is 18.2. The highest BCUT2D eigenvalue weighted by Crippen LogP contribution is 2.47. The third-order valence-electron chi connectivity index (χ3n) is 5.67. The van der Waals surface area contributed by atoms with E-state index in [-0.39, 0.29) is 29.7 Å². The zero-order valence-corrected chi connectivity index (χ0v) is 16.1. The Morgan fingerprint density at radius 3 is 2.13 bits per heavy atom. The molecule has 152 valence electrons. The summed E-state index contributed by atoms with van der Waals surface area (Å²) >= 11 is 0. The number of aromatic nitrogens is 3. The third-order valence-corrected chi connectivity index (χ3v) is 5.67. The van der Waals surface area contributed by atoms with Crippen molar-refractivity contribution in [3.63, 3.8) is 0 Å². The van der Waals surface area contributed by atoms with Gasteiger partial charge in [-0.15, -0.1) is 4.98 Å². The van der Waals surface area contributed by atoms with Gasteiger partial charge in [0.2, 0.25) is 17.8 Å². The fourth-order valence-electron chi connectivity index (χ4n) is 4.47. The van der Waals surface area contributed by atoms with Crippen LogP contribution in [0.25, 0.3) is 0 Å². The fourth-order valence-corrected chi connectivity index (χ4v) is 4.47. The first-order chi connectivity index (χ1) is 14.5. The summed E-state index contributed by atoms with van der Waals surface area (Å²) in [5.41, 5.74) is 0.492. The van der Waals surface area contributed by atoms with Gasteiger partial charge in [0, 0.05) is 0 Å². The van der Waals surface area contributed by atoms with Crippen molar-refractivity contribution >= 4 is 29.2 Å². The minimum atomic E-state index is -0.896. The predicted octanol–water partition coefficient (Wildman–Crippen LogP) is 0.391. The topological polar surface area (TPSA) is 115 Å². The number of amides is 2. The Bertz CT molecular complexity index is 1070. The van der Waals surface area contributed by atoms with E-state index < -0.39 is 29.8 Å². The van der Waals surface area contributed by atoms with E-state index in [1.807, 2.05) is 0 Å². The molecule has 2 fully saturated rings. The maximum atomic E-state index is 13.3. The lowest BCUT2D eigenvalue weighted by atomic mass is 9.90. The van der Waals surface area contributed by atoms with Crippen LogP contribution >= 0.6 is 0 Å². The largest absolute Gasteiger partial charge is 0.467 e. The van der Waals surface area contributed by atoms with Crippen molar-refractivity contribution in [1.82, 2.24) is 15.0 Å². The average Bonchev–Trinajstić information content (AvgIpc) is 3.19. The number of carbonyl (C=O) groups is 3. The van der Waals surface area contributed by atoms with E-state index in [0.717, 1.165) is 0 Å². The summed E-state index contributed by atoms with van der Waals surface area (Å²) in [6, 6.07) is 7.27. The van der Waals surface area contributed by atoms with Gasteiger partial charge in [0.15, 0.2) is 5.78 Å². The van der Waals surface area contributed by atoms with Gasteiger partial charge >= 0.3 is 12.0 Å². The zero-order chi connectivity index (χ0) is 21.0. The number of para-hydroxylation sites is 1. The van der Waals surface area contributed by atoms with Gasteiger partial charge < -0.3 is 14.4 Å². The monoisotopic (exact) mass is 407 g/mol. The number of rotatable bonds is 4. The molecule has 4 atom stereocenters. The van der Waals surface area contributed by atoms with Crippen LogP contribution in [0.3, 0.4) is 0 Å². The van der Waals surface area contributed by atoms with Gasteiger partial charge in [-0.2, -0.15) is 9.97 Å². The molecule has 4 unspecified atom stereocenters. The molecule has 10 heteroatoms. The van der Waals surface area contributed by atoms with Crippen molar-refractivity contribution < 1.29 is 23.9 Å². The zero-order valence-electron chi connectivity index (χ0n) is 16.1. The molecule has 2 saturated heterocycles. The number of methoxy groups -OCH3 is 2. The number of anilines is 2. The van der Waals surface area contributed by atoms with Gasteiger partial charge in [0.1, 0.15) is 6.04 Å². The number of ether oxygens (including phenoxy) is 2. The summed E-state index contributed by atoms with van der Waals surface area (Å²) in [5, 5.41) is 0. The lowest BCUT2D eigenvalue weighted by molar-refractivity contribution is -0.125. The Kier molecular flexibility index (Phi) is 4.02. The molecule has 0 aliphatic carbocycles. The van der Waals surface area contributed by atoms with Crippen molar-refractivity contribution in [2.24, 2.45) is 11.8 Å². The molecule has 2 amide bonds. The molecule has 10 nitrogen and oxygen atoms in total. The summed E-state index contributed by atoms with van der Waals surface area (Å²) in [6.07, 6.45) is 3.05. The molecular weight excluding hydrogens is 390 g/mol. The number of hydrogen-bond donors (Lipinski definition) is 0. The highest BCUT2D eigenvalue weighted by molar-refractivity contribution is 6.25. The molecular formula is C20H17N5O5. The van der Waals surface area contributed by atoms with Crippen LogP contribution in [-0.2, 0) is 14.4 Å². The van der Waals surface area contributed by atoms with Gasteiger partial charge in [-0.1, -0.05) is 24.3 Å². The fraction of sp³-hybridized carbons (Fsp3) is 0.300. The lowest BCUT2D eigenvalue weighted by Crippen LogP contribution is -2.50. The number of fused-ring (bicyclic) bond motifs is 5. The van der Waals surface area contributed by atoms with E-state index >= 15 is 0 Å². The van der Waals surface area contributed by atoms with E-state index in [2.05, 4.69) is 15.0 Å². The van der Waals surface area contributed by atoms with Gasteiger partial charge in [-0.3, -0.25) is 14.4 Å². The number of nitrogens with zero attached hydrogens (tertiary/aromatic N) is 5. The molecule has 0 saturated carbocycles. The molecule has 2 aromatic rings. The highest BCUT2D eigenvalue weighted by atomic mass is 16.5. The molecule has 0 spiro atoms. The second kappa shape index (κ2) is 6.61. The maximum absolute atomic E-state index is 13.3. The molecule has 3 aliphatic rings. The Hall–Kier alpha value is -3.82. The van der Waals surface area contributed by atoms with Crippen LogP contribution in [-0.4, -0.2) is 58.9 Å². The average molecular weight is 407 g/mol. The number of hydrogen-bond acceptors (Lipinski definition) is 9. The van der Waals surface area contributed by atoms with Crippen LogP contribution in [0.2, 0.25) is 0 Å². The van der Waals surface area contributed by atoms with Crippen molar-refractivity contribution in [1.29, 1.82) is 0 Å². The molecule has 1 aromatic carbocycles. The maximum Gasteiger partial charge on any atom is 0.324 e. The lowest BCUT2D eigenvalue weighted by Gasteiger charge is -2.33. The Morgan fingerprint density at radius 2 is 1.50 bits per heavy atom. The van der Waals surface area contributed by atoms with Crippen LogP contribution in [0, 0.1) is 11.8 Å². The molecule has 3 aliphatic heterocycles. The van der Waals surface area contributed by atoms with E-state index in [1.165, 1.54) is 25.2 Å². The quantitative estimate of drug-likeness (QED) is 0.664. The summed E-state index contributed by atoms with van der Waals surface area (Å²) in [7, 11) is 2.79. The second-order valence-corrected chi connectivity index (χ2v) is 7.11. The molecule has 5 rings (SSSR count). The van der Waals surface area contributed by atoms with E-state index in [0.29, 0.717) is 5.69 Å². The SMILES string of the molecule is COc1nc(OC)nc(N2C3C=CC(=O)C2C2C(=O)N(c4ccccc4)C(=O)C23)n1. The number of carbonyl (C=O) groups excluding carboxylic acids is 3. The van der Waals surface area contributed by atoms with Crippen LogP contribution in [0.4, 0.5) is 11.6 Å². The molecule has 0 N–H and O–H groups in total. The smallest absolute Gasteiger partial charge is 0.324 e. The number of imide groups is 1.